The molecule has 0 radical (unpaired) electrons. The van der Waals surface area contributed by atoms with Crippen LogP contribution in [0.3, 0.4) is 0 Å². The summed E-state index contributed by atoms with van der Waals surface area (Å²) in [5.74, 6) is 0.156. The highest BCUT2D eigenvalue weighted by Crippen LogP contribution is 2.26. The maximum absolute atomic E-state index is 12.3. The second-order valence-corrected chi connectivity index (χ2v) is 7.16. The minimum atomic E-state index is -0.477. The average Bonchev–Trinajstić information content (AvgIpc) is 3.02. The molecule has 1 aliphatic heterocycles. The van der Waals surface area contributed by atoms with E-state index in [1.165, 1.54) is 17.3 Å². The first kappa shape index (κ1) is 19.0. The van der Waals surface area contributed by atoms with E-state index in [1.807, 2.05) is 42.5 Å². The van der Waals surface area contributed by atoms with Crippen molar-refractivity contribution in [2.75, 3.05) is 19.0 Å². The van der Waals surface area contributed by atoms with E-state index in [0.29, 0.717) is 23.1 Å². The van der Waals surface area contributed by atoms with Crippen LogP contribution in [0, 0.1) is 0 Å². The summed E-state index contributed by atoms with van der Waals surface area (Å²) in [5, 5.41) is 5.64. The molecule has 1 aliphatic rings. The Bertz CT molecular complexity index is 839. The number of para-hydroxylation sites is 2. The Kier molecular flexibility index (Phi) is 6.49. The van der Waals surface area contributed by atoms with Gasteiger partial charge in [-0.3, -0.25) is 14.6 Å². The van der Waals surface area contributed by atoms with E-state index >= 15 is 0 Å². The Balaban J connectivity index is 1.51. The van der Waals surface area contributed by atoms with E-state index in [9.17, 15) is 9.59 Å². The van der Waals surface area contributed by atoms with Crippen LogP contribution in [0.15, 0.2) is 59.6 Å². The lowest BCUT2D eigenvalue weighted by Gasteiger charge is -2.10. The second kappa shape index (κ2) is 9.23. The van der Waals surface area contributed by atoms with Gasteiger partial charge >= 0.3 is 0 Å². The van der Waals surface area contributed by atoms with E-state index < -0.39 is 5.25 Å². The molecule has 7 heteroatoms. The standard InChI is InChI=1S/C20H21N3O3S/c1-26-16-10-6-5-9-15(16)22-18(24)13-17-19(25)23-20(27-17)21-12-11-14-7-3-2-4-8-14/h2-10,17H,11-13H2,1H3,(H,22,24)(H,21,23,25)/t17-/m1/s1. The van der Waals surface area contributed by atoms with Gasteiger partial charge in [0.1, 0.15) is 11.0 Å². The molecule has 0 aromatic heterocycles. The first-order valence-corrected chi connectivity index (χ1v) is 9.52. The molecule has 27 heavy (non-hydrogen) atoms. The number of nitrogens with zero attached hydrogens (tertiary/aromatic N) is 1. The summed E-state index contributed by atoms with van der Waals surface area (Å²) in [6.45, 7) is 0.590. The Morgan fingerprint density at radius 3 is 2.70 bits per heavy atom. The molecule has 2 amide bonds. The lowest BCUT2D eigenvalue weighted by Crippen LogP contribution is -2.28. The number of ether oxygens (including phenoxy) is 1. The normalized spacial score (nSPS) is 17.6. The molecule has 1 atom stereocenters. The second-order valence-electron chi connectivity index (χ2n) is 5.97. The monoisotopic (exact) mass is 383 g/mol. The fraction of sp³-hybridized carbons (Fsp3) is 0.250. The van der Waals surface area contributed by atoms with Gasteiger partial charge in [0.15, 0.2) is 5.17 Å². The fourth-order valence-corrected chi connectivity index (χ4v) is 3.66. The van der Waals surface area contributed by atoms with Gasteiger partial charge in [0.2, 0.25) is 11.8 Å². The van der Waals surface area contributed by atoms with Crippen LogP contribution in [-0.4, -0.2) is 35.9 Å². The molecule has 1 fully saturated rings. The SMILES string of the molecule is COc1ccccc1NC(=O)C[C@H]1SC(=NCCc2ccccc2)NC1=O. The highest BCUT2D eigenvalue weighted by molar-refractivity contribution is 8.15. The van der Waals surface area contributed by atoms with Gasteiger partial charge in [-0.05, 0) is 24.1 Å². The summed E-state index contributed by atoms with van der Waals surface area (Å²) in [6, 6.07) is 17.2. The summed E-state index contributed by atoms with van der Waals surface area (Å²) < 4.78 is 5.22. The number of hydrogen-bond acceptors (Lipinski definition) is 5. The number of carbonyl (C=O) groups is 2. The summed E-state index contributed by atoms with van der Waals surface area (Å²) in [5.41, 5.74) is 1.79. The van der Waals surface area contributed by atoms with Crippen LogP contribution in [-0.2, 0) is 16.0 Å². The zero-order valence-electron chi connectivity index (χ0n) is 15.0. The molecule has 0 aliphatic carbocycles. The van der Waals surface area contributed by atoms with Crippen molar-refractivity contribution in [3.8, 4) is 5.75 Å². The van der Waals surface area contributed by atoms with Crippen molar-refractivity contribution in [3.63, 3.8) is 0 Å². The zero-order valence-corrected chi connectivity index (χ0v) is 15.8. The van der Waals surface area contributed by atoms with Crippen LogP contribution in [0.25, 0.3) is 0 Å². The van der Waals surface area contributed by atoms with E-state index in [4.69, 9.17) is 4.74 Å². The van der Waals surface area contributed by atoms with Crippen molar-refractivity contribution < 1.29 is 14.3 Å². The summed E-state index contributed by atoms with van der Waals surface area (Å²) in [4.78, 5) is 28.8. The maximum atomic E-state index is 12.3. The Morgan fingerprint density at radius 2 is 1.93 bits per heavy atom. The van der Waals surface area contributed by atoms with E-state index in [1.54, 1.807) is 19.2 Å². The quantitative estimate of drug-likeness (QED) is 0.771. The highest BCUT2D eigenvalue weighted by Gasteiger charge is 2.32. The molecule has 2 N–H and O–H groups in total. The lowest BCUT2D eigenvalue weighted by atomic mass is 10.2. The van der Waals surface area contributed by atoms with Gasteiger partial charge in [-0.15, -0.1) is 0 Å². The molecule has 6 nitrogen and oxygen atoms in total. The van der Waals surface area contributed by atoms with Gasteiger partial charge in [-0.1, -0.05) is 54.2 Å². The molecule has 2 aromatic carbocycles. The number of methoxy groups -OCH3 is 1. The first-order chi connectivity index (χ1) is 13.2. The number of nitrogens with one attached hydrogen (secondary N) is 2. The number of benzene rings is 2. The number of amides is 2. The summed E-state index contributed by atoms with van der Waals surface area (Å²) in [6.07, 6.45) is 0.881. The first-order valence-electron chi connectivity index (χ1n) is 8.64. The molecule has 0 saturated carbocycles. The van der Waals surface area contributed by atoms with Crippen LogP contribution in [0.5, 0.6) is 5.75 Å². The van der Waals surface area contributed by atoms with Gasteiger partial charge < -0.3 is 15.4 Å². The van der Waals surface area contributed by atoms with E-state index in [0.717, 1.165) is 6.42 Å². The summed E-state index contributed by atoms with van der Waals surface area (Å²) in [7, 11) is 1.55. The average molecular weight is 383 g/mol. The van der Waals surface area contributed by atoms with E-state index in [-0.39, 0.29) is 18.2 Å². The van der Waals surface area contributed by atoms with E-state index in [2.05, 4.69) is 15.6 Å². The Hall–Kier alpha value is -2.80. The van der Waals surface area contributed by atoms with Crippen LogP contribution in [0.1, 0.15) is 12.0 Å². The van der Waals surface area contributed by atoms with Crippen molar-refractivity contribution in [2.45, 2.75) is 18.1 Å². The molecule has 2 aromatic rings. The van der Waals surface area contributed by atoms with Crippen LogP contribution < -0.4 is 15.4 Å². The third-order valence-electron chi connectivity index (χ3n) is 4.03. The Morgan fingerprint density at radius 1 is 1.19 bits per heavy atom. The molecular weight excluding hydrogens is 362 g/mol. The number of aliphatic imine (C=N–C) groups is 1. The molecule has 140 valence electrons. The molecular formula is C20H21N3O3S. The third-order valence-corrected chi connectivity index (χ3v) is 5.15. The van der Waals surface area contributed by atoms with Gasteiger partial charge in [0.25, 0.3) is 0 Å². The fourth-order valence-electron chi connectivity index (χ4n) is 2.66. The lowest BCUT2D eigenvalue weighted by molar-refractivity contribution is -0.122. The van der Waals surface area contributed by atoms with Gasteiger partial charge in [0, 0.05) is 13.0 Å². The van der Waals surface area contributed by atoms with Crippen molar-refractivity contribution in [3.05, 3.63) is 60.2 Å². The van der Waals surface area contributed by atoms with Crippen molar-refractivity contribution in [1.29, 1.82) is 0 Å². The predicted octanol–water partition coefficient (Wildman–Crippen LogP) is 2.85. The zero-order chi connectivity index (χ0) is 19.1. The number of hydrogen-bond donors (Lipinski definition) is 2. The number of carbonyl (C=O) groups excluding carboxylic acids is 2. The predicted molar refractivity (Wildman–Crippen MR) is 108 cm³/mol. The molecule has 1 saturated heterocycles. The maximum Gasteiger partial charge on any atom is 0.240 e. The minimum absolute atomic E-state index is 0.0756. The number of rotatable bonds is 7. The van der Waals surface area contributed by atoms with Crippen molar-refractivity contribution in [1.82, 2.24) is 5.32 Å². The number of amidine groups is 1. The number of thioether (sulfide) groups is 1. The van der Waals surface area contributed by atoms with Gasteiger partial charge in [0.05, 0.1) is 12.8 Å². The smallest absolute Gasteiger partial charge is 0.240 e. The van der Waals surface area contributed by atoms with Crippen LogP contribution in [0.2, 0.25) is 0 Å². The van der Waals surface area contributed by atoms with Crippen LogP contribution >= 0.6 is 11.8 Å². The topological polar surface area (TPSA) is 79.8 Å². The molecule has 0 unspecified atom stereocenters. The summed E-state index contributed by atoms with van der Waals surface area (Å²) >= 11 is 1.30. The largest absolute Gasteiger partial charge is 0.495 e. The van der Waals surface area contributed by atoms with Crippen molar-refractivity contribution in [2.24, 2.45) is 4.99 Å². The van der Waals surface area contributed by atoms with Crippen molar-refractivity contribution >= 4 is 34.4 Å². The molecule has 0 spiro atoms. The Labute approximate surface area is 162 Å². The molecule has 3 rings (SSSR count). The van der Waals surface area contributed by atoms with Crippen LogP contribution in [0.4, 0.5) is 5.69 Å². The third kappa shape index (κ3) is 5.34. The molecule has 0 bridgehead atoms. The van der Waals surface area contributed by atoms with Gasteiger partial charge in [-0.2, -0.15) is 0 Å². The highest BCUT2D eigenvalue weighted by atomic mass is 32.2. The minimum Gasteiger partial charge on any atom is -0.495 e. The number of anilines is 1. The van der Waals surface area contributed by atoms with Gasteiger partial charge in [-0.25, -0.2) is 0 Å². The molecule has 1 heterocycles.